The normalized spacial score (nSPS) is 22.8. The average Bonchev–Trinajstić information content (AvgIpc) is 2.46. The van der Waals surface area contributed by atoms with Crippen LogP contribution in [-0.2, 0) is 0 Å². The number of hydrogen-bond acceptors (Lipinski definition) is 2. The second kappa shape index (κ2) is 7.14. The average molecular weight is 262 g/mol. The van der Waals surface area contributed by atoms with Gasteiger partial charge in [-0.1, -0.05) is 31.0 Å². The van der Waals surface area contributed by atoms with Crippen molar-refractivity contribution in [3.05, 3.63) is 30.3 Å². The molecule has 1 aromatic carbocycles. The third-order valence-electron chi connectivity index (χ3n) is 3.86. The van der Waals surface area contributed by atoms with Crippen molar-refractivity contribution in [2.24, 2.45) is 11.8 Å². The highest BCUT2D eigenvalue weighted by Gasteiger charge is 2.24. The summed E-state index contributed by atoms with van der Waals surface area (Å²) in [7, 11) is 0. The second-order valence-corrected chi connectivity index (χ2v) is 5.19. The van der Waals surface area contributed by atoms with Crippen LogP contribution in [0, 0.1) is 11.8 Å². The largest absolute Gasteiger partial charge is 0.396 e. The summed E-state index contributed by atoms with van der Waals surface area (Å²) in [6.07, 6.45) is 4.56. The van der Waals surface area contributed by atoms with E-state index in [0.29, 0.717) is 18.4 Å². The van der Waals surface area contributed by atoms with Gasteiger partial charge in [0.2, 0.25) is 0 Å². The molecule has 0 radical (unpaired) electrons. The third-order valence-corrected chi connectivity index (χ3v) is 3.86. The maximum atomic E-state index is 11.8. The number of para-hydroxylation sites is 1. The number of hydrogen-bond donors (Lipinski definition) is 3. The van der Waals surface area contributed by atoms with Crippen LogP contribution in [0.3, 0.4) is 0 Å². The van der Waals surface area contributed by atoms with Crippen LogP contribution in [-0.4, -0.2) is 24.3 Å². The Morgan fingerprint density at radius 1 is 1.16 bits per heavy atom. The van der Waals surface area contributed by atoms with Gasteiger partial charge in [-0.25, -0.2) is 4.79 Å². The zero-order valence-electron chi connectivity index (χ0n) is 11.1. The fraction of sp³-hybridized carbons (Fsp3) is 0.533. The summed E-state index contributed by atoms with van der Waals surface area (Å²) in [4.78, 5) is 11.8. The van der Waals surface area contributed by atoms with Gasteiger partial charge in [-0.3, -0.25) is 0 Å². The Balaban J connectivity index is 1.76. The predicted molar refractivity (Wildman–Crippen MR) is 76.0 cm³/mol. The standard InChI is InChI=1S/C15H22N2O2/c18-11-13-7-5-4-6-12(13)10-16-15(19)17-14-8-2-1-3-9-14/h1-3,8-9,12-13,18H,4-7,10-11H2,(H2,16,17,19). The molecule has 0 bridgehead atoms. The Hall–Kier alpha value is -1.55. The molecule has 3 N–H and O–H groups in total. The quantitative estimate of drug-likeness (QED) is 0.781. The number of urea groups is 1. The molecule has 2 rings (SSSR count). The zero-order valence-corrected chi connectivity index (χ0v) is 11.1. The molecule has 2 amide bonds. The van der Waals surface area contributed by atoms with Crippen molar-refractivity contribution < 1.29 is 9.90 Å². The van der Waals surface area contributed by atoms with E-state index in [9.17, 15) is 9.90 Å². The van der Waals surface area contributed by atoms with E-state index >= 15 is 0 Å². The lowest BCUT2D eigenvalue weighted by molar-refractivity contribution is 0.134. The molecule has 1 aromatic rings. The van der Waals surface area contributed by atoms with Crippen LogP contribution in [0.5, 0.6) is 0 Å². The SMILES string of the molecule is O=C(NCC1CCCCC1CO)Nc1ccccc1. The lowest BCUT2D eigenvalue weighted by Gasteiger charge is -2.30. The highest BCUT2D eigenvalue weighted by Crippen LogP contribution is 2.29. The molecular formula is C15H22N2O2. The van der Waals surface area contributed by atoms with Crippen LogP contribution in [0.1, 0.15) is 25.7 Å². The van der Waals surface area contributed by atoms with Crippen molar-refractivity contribution in [1.82, 2.24) is 5.32 Å². The first kappa shape index (κ1) is 13.9. The van der Waals surface area contributed by atoms with Crippen molar-refractivity contribution in [2.45, 2.75) is 25.7 Å². The number of aliphatic hydroxyl groups is 1. The maximum Gasteiger partial charge on any atom is 0.319 e. The molecule has 4 nitrogen and oxygen atoms in total. The van der Waals surface area contributed by atoms with Gasteiger partial charge in [0.15, 0.2) is 0 Å². The minimum atomic E-state index is -0.173. The fourth-order valence-electron chi connectivity index (χ4n) is 2.71. The Morgan fingerprint density at radius 2 is 1.84 bits per heavy atom. The fourth-order valence-corrected chi connectivity index (χ4v) is 2.71. The molecule has 0 heterocycles. The molecule has 0 spiro atoms. The van der Waals surface area contributed by atoms with Crippen LogP contribution in [0.4, 0.5) is 10.5 Å². The van der Waals surface area contributed by atoms with Crippen molar-refractivity contribution >= 4 is 11.7 Å². The third kappa shape index (κ3) is 4.24. The number of anilines is 1. The number of carbonyl (C=O) groups excluding carboxylic acids is 1. The summed E-state index contributed by atoms with van der Waals surface area (Å²) in [6.45, 7) is 0.872. The van der Waals surface area contributed by atoms with Gasteiger partial charge < -0.3 is 15.7 Å². The minimum Gasteiger partial charge on any atom is -0.396 e. The van der Waals surface area contributed by atoms with Crippen molar-refractivity contribution in [1.29, 1.82) is 0 Å². The molecule has 0 aromatic heterocycles. The summed E-state index contributed by atoms with van der Waals surface area (Å²) < 4.78 is 0. The molecule has 1 fully saturated rings. The van der Waals surface area contributed by atoms with Crippen LogP contribution in [0.15, 0.2) is 30.3 Å². The number of carbonyl (C=O) groups is 1. The second-order valence-electron chi connectivity index (χ2n) is 5.19. The van der Waals surface area contributed by atoms with Gasteiger partial charge in [0.05, 0.1) is 0 Å². The Morgan fingerprint density at radius 3 is 2.53 bits per heavy atom. The lowest BCUT2D eigenvalue weighted by Crippen LogP contribution is -2.37. The molecular weight excluding hydrogens is 240 g/mol. The van der Waals surface area contributed by atoms with Crippen LogP contribution >= 0.6 is 0 Å². The summed E-state index contributed by atoms with van der Waals surface area (Å²) in [6, 6.07) is 9.23. The molecule has 4 heteroatoms. The van der Waals surface area contributed by atoms with Crippen LogP contribution in [0.2, 0.25) is 0 Å². The Labute approximate surface area is 114 Å². The van der Waals surface area contributed by atoms with E-state index in [0.717, 1.165) is 18.5 Å². The number of aliphatic hydroxyl groups excluding tert-OH is 1. The van der Waals surface area contributed by atoms with Gasteiger partial charge >= 0.3 is 6.03 Å². The minimum absolute atomic E-state index is 0.173. The van der Waals surface area contributed by atoms with Crippen molar-refractivity contribution in [3.8, 4) is 0 Å². The maximum absolute atomic E-state index is 11.8. The van der Waals surface area contributed by atoms with E-state index in [4.69, 9.17) is 0 Å². The Bertz CT molecular complexity index is 394. The van der Waals surface area contributed by atoms with E-state index in [2.05, 4.69) is 10.6 Å². The number of rotatable bonds is 4. The molecule has 1 saturated carbocycles. The van der Waals surface area contributed by atoms with E-state index in [1.165, 1.54) is 12.8 Å². The van der Waals surface area contributed by atoms with Crippen molar-refractivity contribution in [2.75, 3.05) is 18.5 Å². The highest BCUT2D eigenvalue weighted by molar-refractivity contribution is 5.89. The molecule has 19 heavy (non-hydrogen) atoms. The topological polar surface area (TPSA) is 61.4 Å². The molecule has 0 aliphatic heterocycles. The van der Waals surface area contributed by atoms with Gasteiger partial charge in [0, 0.05) is 18.8 Å². The predicted octanol–water partition coefficient (Wildman–Crippen LogP) is 2.61. The molecule has 0 saturated heterocycles. The summed E-state index contributed by atoms with van der Waals surface area (Å²) >= 11 is 0. The van der Waals surface area contributed by atoms with Crippen molar-refractivity contribution in [3.63, 3.8) is 0 Å². The number of benzene rings is 1. The van der Waals surface area contributed by atoms with Gasteiger partial charge in [-0.2, -0.15) is 0 Å². The summed E-state index contributed by atoms with van der Waals surface area (Å²) in [5, 5.41) is 15.0. The van der Waals surface area contributed by atoms with E-state index in [1.54, 1.807) is 0 Å². The zero-order chi connectivity index (χ0) is 13.5. The van der Waals surface area contributed by atoms with Crippen LogP contribution in [0.25, 0.3) is 0 Å². The molecule has 104 valence electrons. The van der Waals surface area contributed by atoms with E-state index in [1.807, 2.05) is 30.3 Å². The number of amides is 2. The first-order valence-corrected chi connectivity index (χ1v) is 7.00. The molecule has 2 atom stereocenters. The number of nitrogens with one attached hydrogen (secondary N) is 2. The summed E-state index contributed by atoms with van der Waals surface area (Å²) in [5.41, 5.74) is 0.794. The Kier molecular flexibility index (Phi) is 5.21. The van der Waals surface area contributed by atoms with Gasteiger partial charge in [-0.15, -0.1) is 0 Å². The smallest absolute Gasteiger partial charge is 0.319 e. The van der Waals surface area contributed by atoms with Crippen LogP contribution < -0.4 is 10.6 Å². The van der Waals surface area contributed by atoms with Gasteiger partial charge in [0.1, 0.15) is 0 Å². The molecule has 1 aliphatic rings. The molecule has 1 aliphatic carbocycles. The summed E-state index contributed by atoms with van der Waals surface area (Å²) in [5.74, 6) is 0.742. The first-order valence-electron chi connectivity index (χ1n) is 7.00. The van der Waals surface area contributed by atoms with Gasteiger partial charge in [-0.05, 0) is 36.8 Å². The molecule has 2 unspecified atom stereocenters. The monoisotopic (exact) mass is 262 g/mol. The van der Waals surface area contributed by atoms with E-state index < -0.39 is 0 Å². The highest BCUT2D eigenvalue weighted by atomic mass is 16.3. The lowest BCUT2D eigenvalue weighted by atomic mass is 9.80. The van der Waals surface area contributed by atoms with E-state index in [-0.39, 0.29) is 12.6 Å². The van der Waals surface area contributed by atoms with Gasteiger partial charge in [0.25, 0.3) is 0 Å². The first-order chi connectivity index (χ1) is 9.29.